The largest absolute Gasteiger partial charge is 0.573 e. The number of ether oxygens (including phenoxy) is 1. The van der Waals surface area contributed by atoms with E-state index < -0.39 is 16.9 Å². The van der Waals surface area contributed by atoms with Crippen LogP contribution in [0.3, 0.4) is 0 Å². The predicted molar refractivity (Wildman–Crippen MR) is 110 cm³/mol. The summed E-state index contributed by atoms with van der Waals surface area (Å²) >= 11 is 0. The maximum atomic E-state index is 12.5. The Morgan fingerprint density at radius 2 is 1.81 bits per heavy atom. The van der Waals surface area contributed by atoms with E-state index in [1.165, 1.54) is 18.2 Å². The average molecular weight is 451 g/mol. The highest BCUT2D eigenvalue weighted by Crippen LogP contribution is 2.36. The number of nitrogens with zero attached hydrogens (tertiary/aromatic N) is 2. The van der Waals surface area contributed by atoms with Gasteiger partial charge in [0.05, 0.1) is 4.92 Å². The van der Waals surface area contributed by atoms with E-state index in [1.54, 1.807) is 36.7 Å². The summed E-state index contributed by atoms with van der Waals surface area (Å²) in [6, 6.07) is 10.3. The molecule has 170 valence electrons. The quantitative estimate of drug-likeness (QED) is 0.394. The Bertz CT molecular complexity index is 1030. The summed E-state index contributed by atoms with van der Waals surface area (Å²) in [6.45, 7) is 3.00. The Morgan fingerprint density at radius 1 is 1.12 bits per heavy atom. The first-order chi connectivity index (χ1) is 15.1. The summed E-state index contributed by atoms with van der Waals surface area (Å²) < 4.78 is 41.6. The fourth-order valence-electron chi connectivity index (χ4n) is 3.92. The van der Waals surface area contributed by atoms with Crippen LogP contribution in [0.2, 0.25) is 0 Å². The van der Waals surface area contributed by atoms with Gasteiger partial charge in [0.25, 0.3) is 5.69 Å². The maximum absolute atomic E-state index is 12.5. The first-order valence-electron chi connectivity index (χ1n) is 9.92. The van der Waals surface area contributed by atoms with Crippen LogP contribution in [0.15, 0.2) is 54.9 Å². The molecule has 2 heterocycles. The van der Waals surface area contributed by atoms with Crippen LogP contribution in [-0.2, 0) is 17.8 Å². The van der Waals surface area contributed by atoms with Gasteiger partial charge in [-0.1, -0.05) is 0 Å². The van der Waals surface area contributed by atoms with Crippen LogP contribution in [0.1, 0.15) is 18.1 Å². The van der Waals surface area contributed by atoms with Gasteiger partial charge in [0.2, 0.25) is 0 Å². The number of hydroxylamine groups is 2. The summed E-state index contributed by atoms with van der Waals surface area (Å²) in [6.07, 6.45) is -0.735. The van der Waals surface area contributed by atoms with Crippen LogP contribution < -0.4 is 20.0 Å². The van der Waals surface area contributed by atoms with Crippen molar-refractivity contribution in [1.82, 2.24) is 15.3 Å². The molecule has 2 N–H and O–H groups in total. The van der Waals surface area contributed by atoms with Gasteiger partial charge in [-0.05, 0) is 30.7 Å². The van der Waals surface area contributed by atoms with Crippen molar-refractivity contribution in [2.45, 2.75) is 31.9 Å². The van der Waals surface area contributed by atoms with Crippen LogP contribution >= 0.6 is 0 Å². The van der Waals surface area contributed by atoms with Crippen molar-refractivity contribution >= 4 is 11.4 Å². The summed E-state index contributed by atoms with van der Waals surface area (Å²) in [5.41, 5.74) is 1.88. The van der Waals surface area contributed by atoms with Crippen LogP contribution in [0.4, 0.5) is 24.5 Å². The summed E-state index contributed by atoms with van der Waals surface area (Å²) in [5.74, 6) is -0.317. The number of benzene rings is 2. The summed E-state index contributed by atoms with van der Waals surface area (Å²) in [4.78, 5) is 17.1. The molecule has 11 heteroatoms. The number of hydrogen-bond donors (Lipinski definition) is 2. The van der Waals surface area contributed by atoms with Gasteiger partial charge in [-0.3, -0.25) is 10.1 Å². The van der Waals surface area contributed by atoms with Crippen LogP contribution in [0.5, 0.6) is 5.75 Å². The van der Waals surface area contributed by atoms with Crippen molar-refractivity contribution < 1.29 is 27.7 Å². The minimum Gasteiger partial charge on any atom is -0.406 e. The van der Waals surface area contributed by atoms with Gasteiger partial charge in [-0.2, -0.15) is 4.84 Å². The highest BCUT2D eigenvalue weighted by molar-refractivity contribution is 5.49. The third kappa shape index (κ3) is 4.63. The van der Waals surface area contributed by atoms with E-state index in [0.29, 0.717) is 25.2 Å². The zero-order valence-corrected chi connectivity index (χ0v) is 17.2. The minimum absolute atomic E-state index is 0.0239. The Labute approximate surface area is 181 Å². The molecule has 0 saturated heterocycles. The van der Waals surface area contributed by atoms with E-state index in [0.717, 1.165) is 11.1 Å². The van der Waals surface area contributed by atoms with Gasteiger partial charge in [0, 0.05) is 48.6 Å². The van der Waals surface area contributed by atoms with E-state index in [2.05, 4.69) is 15.4 Å². The lowest BCUT2D eigenvalue weighted by Crippen LogP contribution is -2.58. The van der Waals surface area contributed by atoms with Gasteiger partial charge >= 0.3 is 6.36 Å². The van der Waals surface area contributed by atoms with E-state index in [9.17, 15) is 23.3 Å². The molecule has 1 unspecified atom stereocenters. The summed E-state index contributed by atoms with van der Waals surface area (Å²) in [7, 11) is 0. The molecule has 0 fully saturated rings. The van der Waals surface area contributed by atoms with Gasteiger partial charge in [0.1, 0.15) is 31.1 Å². The van der Waals surface area contributed by atoms with Gasteiger partial charge in [-0.25, -0.2) is 0 Å². The number of fused-ring (bicyclic) bond motifs is 1. The van der Waals surface area contributed by atoms with Crippen molar-refractivity contribution in [1.29, 1.82) is 0 Å². The fraction of sp³-hybridized carbons (Fsp3) is 0.333. The number of halogens is 3. The number of nitro groups is 1. The number of alkyl halides is 3. The molecule has 0 radical (unpaired) electrons. The van der Waals surface area contributed by atoms with Crippen molar-refractivity contribution in [2.24, 2.45) is 0 Å². The molecule has 0 spiro atoms. The summed E-state index contributed by atoms with van der Waals surface area (Å²) in [5, 5.41) is 17.5. The lowest BCUT2D eigenvalue weighted by atomic mass is 9.98. The van der Waals surface area contributed by atoms with Gasteiger partial charge in [0.15, 0.2) is 5.69 Å². The first kappa shape index (κ1) is 21.9. The van der Waals surface area contributed by atoms with Crippen molar-refractivity contribution in [3.8, 4) is 5.75 Å². The van der Waals surface area contributed by atoms with Crippen molar-refractivity contribution in [3.63, 3.8) is 0 Å². The molecule has 2 aliphatic rings. The lowest BCUT2D eigenvalue weighted by Gasteiger charge is -2.40. The number of quaternary nitrogens is 1. The number of hydrogen-bond acceptors (Lipinski definition) is 6. The Morgan fingerprint density at radius 3 is 2.44 bits per heavy atom. The third-order valence-electron chi connectivity index (χ3n) is 5.60. The molecule has 0 aliphatic carbocycles. The van der Waals surface area contributed by atoms with E-state index in [1.807, 2.05) is 6.92 Å². The topological polar surface area (TPSA) is 85.7 Å². The van der Waals surface area contributed by atoms with Gasteiger partial charge < -0.3 is 15.4 Å². The third-order valence-corrected chi connectivity index (χ3v) is 5.60. The van der Waals surface area contributed by atoms with Crippen molar-refractivity contribution in [3.05, 3.63) is 76.1 Å². The molecule has 1 atom stereocenters. The molecule has 32 heavy (non-hydrogen) atoms. The zero-order chi connectivity index (χ0) is 23.0. The molecule has 8 nitrogen and oxygen atoms in total. The number of nitro benzene ring substituents is 1. The standard InChI is InChI=1S/C21H22F3N4O4/c1-20(25-9-10-26-20)14-31-28(18-4-6-19(7-5-18)32-21(22,23)24)11-8-15-12-17(27(29)30)3-2-16(15)13-28/h2-7,9-10,12,25-26H,8,11,13-14H2,1H3/q+1. The monoisotopic (exact) mass is 451 g/mol. The van der Waals surface area contributed by atoms with Crippen LogP contribution in [-0.4, -0.2) is 30.1 Å². The number of rotatable bonds is 6. The zero-order valence-electron chi connectivity index (χ0n) is 17.2. The lowest BCUT2D eigenvalue weighted by molar-refractivity contribution is -0.385. The number of nitrogens with one attached hydrogen (secondary N) is 2. The molecular formula is C21H22F3N4O4+. The minimum atomic E-state index is -4.77. The van der Waals surface area contributed by atoms with E-state index in [-0.39, 0.29) is 22.7 Å². The first-order valence-corrected chi connectivity index (χ1v) is 9.92. The van der Waals surface area contributed by atoms with Crippen molar-refractivity contribution in [2.75, 3.05) is 13.2 Å². The average Bonchev–Trinajstić information content (AvgIpc) is 3.18. The highest BCUT2D eigenvalue weighted by atomic mass is 19.4. The highest BCUT2D eigenvalue weighted by Gasteiger charge is 2.41. The van der Waals surface area contributed by atoms with E-state index in [4.69, 9.17) is 4.84 Å². The Kier molecular flexibility index (Phi) is 5.47. The SMILES string of the molecule is CC1(CO[N+]2(c3ccc(OC(F)(F)F)cc3)CCc3cc([N+](=O)[O-])ccc3C2)NC=CN1. The van der Waals surface area contributed by atoms with Gasteiger partial charge in [-0.15, -0.1) is 17.8 Å². The molecule has 0 aromatic heterocycles. The Hall–Kier alpha value is -3.31. The van der Waals surface area contributed by atoms with E-state index >= 15 is 0 Å². The normalized spacial score (nSPS) is 21.4. The molecule has 2 aliphatic heterocycles. The molecule has 0 saturated carbocycles. The molecule has 0 amide bonds. The van der Waals surface area contributed by atoms with Crippen LogP contribution in [0.25, 0.3) is 0 Å². The molecule has 2 aromatic rings. The van der Waals surface area contributed by atoms with Crippen LogP contribution in [0, 0.1) is 10.1 Å². The predicted octanol–water partition coefficient (Wildman–Crippen LogP) is 3.87. The smallest absolute Gasteiger partial charge is 0.406 e. The second-order valence-electron chi connectivity index (χ2n) is 8.00. The number of non-ortho nitro benzene ring substituents is 1. The molecule has 4 rings (SSSR count). The second kappa shape index (κ2) is 7.99. The maximum Gasteiger partial charge on any atom is 0.573 e. The molecular weight excluding hydrogens is 429 g/mol. The molecule has 2 aromatic carbocycles. The Balaban J connectivity index is 1.64. The fourth-order valence-corrected chi connectivity index (χ4v) is 3.92. The second-order valence-corrected chi connectivity index (χ2v) is 8.00. The molecule has 0 bridgehead atoms.